The summed E-state index contributed by atoms with van der Waals surface area (Å²) in [6.45, 7) is 3.58. The number of aliphatic hydroxyl groups is 1. The number of aryl methyl sites for hydroxylation is 1. The van der Waals surface area contributed by atoms with Crippen molar-refractivity contribution in [3.63, 3.8) is 0 Å². The van der Waals surface area contributed by atoms with Crippen molar-refractivity contribution in [1.29, 1.82) is 0 Å². The smallest absolute Gasteiger partial charge is 0.173 e. The predicted octanol–water partition coefficient (Wildman–Crippen LogP) is 1.80. The summed E-state index contributed by atoms with van der Waals surface area (Å²) >= 11 is 3.36. The zero-order valence-corrected chi connectivity index (χ0v) is 9.78. The topological polar surface area (TPSA) is 55.5 Å². The molecule has 0 aromatic heterocycles. The van der Waals surface area contributed by atoms with Crippen LogP contribution in [0.2, 0.25) is 0 Å². The van der Waals surface area contributed by atoms with Crippen LogP contribution in [0.15, 0.2) is 22.7 Å². The van der Waals surface area contributed by atoms with E-state index >= 15 is 0 Å². The third kappa shape index (κ3) is 2.97. The summed E-state index contributed by atoms with van der Waals surface area (Å²) in [4.78, 5) is 0. The van der Waals surface area contributed by atoms with E-state index in [1.54, 1.807) is 6.92 Å². The maximum absolute atomic E-state index is 9.16. The summed E-state index contributed by atoms with van der Waals surface area (Å²) in [5.41, 5.74) is 6.70. The van der Waals surface area contributed by atoms with Gasteiger partial charge in [0.1, 0.15) is 11.9 Å². The highest BCUT2D eigenvalue weighted by Gasteiger charge is 2.12. The van der Waals surface area contributed by atoms with Gasteiger partial charge in [0.2, 0.25) is 0 Å². The van der Waals surface area contributed by atoms with Gasteiger partial charge in [-0.25, -0.2) is 0 Å². The minimum Gasteiger partial charge on any atom is -0.472 e. The van der Waals surface area contributed by atoms with Gasteiger partial charge in [0.25, 0.3) is 0 Å². The van der Waals surface area contributed by atoms with Gasteiger partial charge in [-0.15, -0.1) is 0 Å². The fourth-order valence-electron chi connectivity index (χ4n) is 0.947. The molecule has 1 rings (SSSR count). The molecule has 0 bridgehead atoms. The zero-order valence-electron chi connectivity index (χ0n) is 8.20. The molecular formula is C10H14BrNO2. The first-order chi connectivity index (χ1) is 6.50. The second-order valence-electron chi connectivity index (χ2n) is 3.26. The Bertz CT molecular complexity index is 315. The molecule has 2 unspecified atom stereocenters. The summed E-state index contributed by atoms with van der Waals surface area (Å²) < 4.78 is 6.18. The number of hydrogen-bond donors (Lipinski definition) is 2. The Labute approximate surface area is 92.0 Å². The fraction of sp³-hybridized carbons (Fsp3) is 0.400. The minimum absolute atomic E-state index is 0.643. The number of rotatable bonds is 3. The third-order valence-corrected chi connectivity index (χ3v) is 2.45. The first kappa shape index (κ1) is 11.5. The predicted molar refractivity (Wildman–Crippen MR) is 59.2 cm³/mol. The Morgan fingerprint density at radius 1 is 1.50 bits per heavy atom. The van der Waals surface area contributed by atoms with Crippen molar-refractivity contribution in [2.24, 2.45) is 5.73 Å². The van der Waals surface area contributed by atoms with Gasteiger partial charge in [0, 0.05) is 0 Å². The molecule has 0 spiro atoms. The first-order valence-corrected chi connectivity index (χ1v) is 5.16. The van der Waals surface area contributed by atoms with E-state index in [0.717, 1.165) is 10.0 Å². The number of nitrogens with two attached hydrogens (primary N) is 1. The van der Waals surface area contributed by atoms with Gasteiger partial charge >= 0.3 is 0 Å². The Morgan fingerprint density at radius 3 is 2.64 bits per heavy atom. The molecule has 0 amide bonds. The average molecular weight is 260 g/mol. The van der Waals surface area contributed by atoms with E-state index in [1.165, 1.54) is 0 Å². The molecule has 1 aromatic rings. The van der Waals surface area contributed by atoms with Crippen molar-refractivity contribution in [2.45, 2.75) is 26.2 Å². The maximum Gasteiger partial charge on any atom is 0.173 e. The molecule has 0 saturated heterocycles. The van der Waals surface area contributed by atoms with Crippen molar-refractivity contribution in [1.82, 2.24) is 0 Å². The van der Waals surface area contributed by atoms with Crippen molar-refractivity contribution in [3.8, 4) is 5.75 Å². The molecule has 3 N–H and O–H groups in total. The van der Waals surface area contributed by atoms with Crippen LogP contribution in [0.1, 0.15) is 12.5 Å². The van der Waals surface area contributed by atoms with E-state index < -0.39 is 12.3 Å². The van der Waals surface area contributed by atoms with Crippen molar-refractivity contribution >= 4 is 15.9 Å². The summed E-state index contributed by atoms with van der Waals surface area (Å²) in [6, 6.07) is 5.68. The van der Waals surface area contributed by atoms with Gasteiger partial charge in [0.05, 0.1) is 4.47 Å². The quantitative estimate of drug-likeness (QED) is 0.815. The average Bonchev–Trinajstić information content (AvgIpc) is 2.09. The van der Waals surface area contributed by atoms with Crippen LogP contribution in [0, 0.1) is 6.92 Å². The molecule has 3 nitrogen and oxygen atoms in total. The Morgan fingerprint density at radius 2 is 2.14 bits per heavy atom. The van der Waals surface area contributed by atoms with Gasteiger partial charge in [0.15, 0.2) is 6.23 Å². The molecule has 0 aliphatic heterocycles. The van der Waals surface area contributed by atoms with Crippen molar-refractivity contribution < 1.29 is 9.84 Å². The summed E-state index contributed by atoms with van der Waals surface area (Å²) in [5.74, 6) is 0.643. The lowest BCUT2D eigenvalue weighted by atomic mass is 10.2. The molecule has 0 saturated carbocycles. The Kier molecular flexibility index (Phi) is 3.92. The van der Waals surface area contributed by atoms with Gasteiger partial charge in [-0.2, -0.15) is 0 Å². The molecule has 0 fully saturated rings. The molecule has 0 aliphatic carbocycles. The second-order valence-corrected chi connectivity index (χ2v) is 4.11. The summed E-state index contributed by atoms with van der Waals surface area (Å²) in [5, 5.41) is 9.16. The number of benzene rings is 1. The monoisotopic (exact) mass is 259 g/mol. The second kappa shape index (κ2) is 4.77. The van der Waals surface area contributed by atoms with Crippen molar-refractivity contribution in [2.75, 3.05) is 0 Å². The SMILES string of the molecule is Cc1ccc(OC(N)C(C)O)c(Br)c1. The number of ether oxygens (including phenoxy) is 1. The molecule has 2 atom stereocenters. The molecule has 1 aromatic carbocycles. The van der Waals surface area contributed by atoms with Crippen LogP contribution in [0.4, 0.5) is 0 Å². The maximum atomic E-state index is 9.16. The van der Waals surface area contributed by atoms with E-state index in [-0.39, 0.29) is 0 Å². The van der Waals surface area contributed by atoms with Gasteiger partial charge < -0.3 is 9.84 Å². The lowest BCUT2D eigenvalue weighted by Crippen LogP contribution is -2.37. The van der Waals surface area contributed by atoms with Crippen LogP contribution >= 0.6 is 15.9 Å². The highest BCUT2D eigenvalue weighted by Crippen LogP contribution is 2.26. The van der Waals surface area contributed by atoms with Crippen LogP contribution in [0.3, 0.4) is 0 Å². The van der Waals surface area contributed by atoms with Crippen LogP contribution in [-0.2, 0) is 0 Å². The lowest BCUT2D eigenvalue weighted by Gasteiger charge is -2.17. The summed E-state index contributed by atoms with van der Waals surface area (Å²) in [6.07, 6.45) is -1.39. The number of halogens is 1. The number of hydrogen-bond acceptors (Lipinski definition) is 3. The third-order valence-electron chi connectivity index (χ3n) is 1.83. The Hall–Kier alpha value is -0.580. The van der Waals surface area contributed by atoms with Crippen molar-refractivity contribution in [3.05, 3.63) is 28.2 Å². The van der Waals surface area contributed by atoms with Gasteiger partial charge in [-0.3, -0.25) is 5.73 Å². The van der Waals surface area contributed by atoms with Crippen LogP contribution in [0.25, 0.3) is 0 Å². The fourth-order valence-corrected chi connectivity index (χ4v) is 1.53. The molecule has 78 valence electrons. The minimum atomic E-state index is -0.700. The van der Waals surface area contributed by atoms with Crippen LogP contribution in [-0.4, -0.2) is 17.4 Å². The summed E-state index contributed by atoms with van der Waals surface area (Å²) in [7, 11) is 0. The Balaban J connectivity index is 2.77. The van der Waals surface area contributed by atoms with E-state index in [1.807, 2.05) is 25.1 Å². The highest BCUT2D eigenvalue weighted by molar-refractivity contribution is 9.10. The molecule has 0 aliphatic rings. The lowest BCUT2D eigenvalue weighted by molar-refractivity contribution is 0.0523. The molecule has 4 heteroatoms. The first-order valence-electron chi connectivity index (χ1n) is 4.37. The normalized spacial score (nSPS) is 14.9. The van der Waals surface area contributed by atoms with Gasteiger partial charge in [-0.05, 0) is 47.5 Å². The zero-order chi connectivity index (χ0) is 10.7. The molecule has 14 heavy (non-hydrogen) atoms. The van der Waals surface area contributed by atoms with Crippen LogP contribution in [0.5, 0.6) is 5.75 Å². The van der Waals surface area contributed by atoms with Crippen LogP contribution < -0.4 is 10.5 Å². The van der Waals surface area contributed by atoms with E-state index in [2.05, 4.69) is 15.9 Å². The van der Waals surface area contributed by atoms with E-state index in [9.17, 15) is 0 Å². The van der Waals surface area contributed by atoms with Gasteiger partial charge in [-0.1, -0.05) is 6.07 Å². The molecule has 0 heterocycles. The standard InChI is InChI=1S/C10H14BrNO2/c1-6-3-4-9(8(11)5-6)14-10(12)7(2)13/h3-5,7,10,13H,12H2,1-2H3. The van der Waals surface area contributed by atoms with E-state index in [4.69, 9.17) is 15.6 Å². The number of aliphatic hydroxyl groups excluding tert-OH is 1. The molecule has 0 radical (unpaired) electrons. The largest absolute Gasteiger partial charge is 0.472 e. The molecular weight excluding hydrogens is 246 g/mol. The van der Waals surface area contributed by atoms with E-state index in [0.29, 0.717) is 5.75 Å². The highest BCUT2D eigenvalue weighted by atomic mass is 79.9.